The van der Waals surface area contributed by atoms with Gasteiger partial charge >= 0.3 is 0 Å². The molecule has 2 aromatic carbocycles. The Kier molecular flexibility index (Phi) is 4.21. The molecule has 0 bridgehead atoms. The van der Waals surface area contributed by atoms with Gasteiger partial charge in [-0.05, 0) is 49.7 Å². The lowest BCUT2D eigenvalue weighted by atomic mass is 10.1. The number of halogens is 2. The van der Waals surface area contributed by atoms with E-state index in [-0.39, 0.29) is 11.1 Å². The fraction of sp³-hybridized carbons (Fsp3) is 0.188. The zero-order valence-corrected chi connectivity index (χ0v) is 11.9. The Morgan fingerprint density at radius 3 is 2.33 bits per heavy atom. The van der Waals surface area contributed by atoms with E-state index >= 15 is 0 Å². The molecule has 2 N–H and O–H groups in total. The number of hydrogen-bond donors (Lipinski definition) is 1. The third kappa shape index (κ3) is 3.02. The lowest BCUT2D eigenvalue weighted by Gasteiger charge is -2.21. The lowest BCUT2D eigenvalue weighted by molar-refractivity contribution is 0.0984. The fourth-order valence-corrected chi connectivity index (χ4v) is 2.06. The van der Waals surface area contributed by atoms with Gasteiger partial charge in [0, 0.05) is 24.0 Å². The Bertz CT molecular complexity index is 669. The zero-order valence-electron chi connectivity index (χ0n) is 11.9. The first-order valence-corrected chi connectivity index (χ1v) is 6.57. The number of carbonyl (C=O) groups excluding carboxylic acids is 1. The molecule has 0 heterocycles. The van der Waals surface area contributed by atoms with E-state index in [0.717, 1.165) is 6.07 Å². The predicted molar refractivity (Wildman–Crippen MR) is 79.3 cm³/mol. The molecule has 0 spiro atoms. The van der Waals surface area contributed by atoms with Gasteiger partial charge in [-0.25, -0.2) is 8.78 Å². The van der Waals surface area contributed by atoms with Gasteiger partial charge in [0.05, 0.1) is 5.56 Å². The summed E-state index contributed by atoms with van der Waals surface area (Å²) in [6, 6.07) is 8.66. The van der Waals surface area contributed by atoms with Gasteiger partial charge in [-0.3, -0.25) is 4.79 Å². The second kappa shape index (κ2) is 5.91. The second-order valence-electron chi connectivity index (χ2n) is 4.72. The van der Waals surface area contributed by atoms with Crippen molar-refractivity contribution in [1.82, 2.24) is 0 Å². The summed E-state index contributed by atoms with van der Waals surface area (Å²) in [5, 5.41) is 0. The number of nitrogens with zero attached hydrogens (tertiary/aromatic N) is 1. The van der Waals surface area contributed by atoms with Gasteiger partial charge in [-0.15, -0.1) is 0 Å². The van der Waals surface area contributed by atoms with Crippen molar-refractivity contribution in [3.63, 3.8) is 0 Å². The smallest absolute Gasteiger partial charge is 0.261 e. The highest BCUT2D eigenvalue weighted by Gasteiger charge is 2.21. The monoisotopic (exact) mass is 290 g/mol. The summed E-state index contributed by atoms with van der Waals surface area (Å²) in [5.74, 6) is -2.04. The van der Waals surface area contributed by atoms with Crippen molar-refractivity contribution < 1.29 is 13.6 Å². The molecule has 2 aromatic rings. The molecule has 0 saturated carbocycles. The topological polar surface area (TPSA) is 46.3 Å². The average molecular weight is 290 g/mol. The van der Waals surface area contributed by atoms with Crippen LogP contribution >= 0.6 is 0 Å². The van der Waals surface area contributed by atoms with Crippen LogP contribution < -0.4 is 10.6 Å². The second-order valence-corrected chi connectivity index (χ2v) is 4.72. The summed E-state index contributed by atoms with van der Waals surface area (Å²) < 4.78 is 27.1. The number of benzene rings is 2. The predicted octanol–water partition coefficient (Wildman–Crippen LogP) is 3.52. The number of amides is 1. The maximum Gasteiger partial charge on any atom is 0.261 e. The zero-order chi connectivity index (χ0) is 15.6. The van der Waals surface area contributed by atoms with Crippen LogP contribution in [0, 0.1) is 18.6 Å². The van der Waals surface area contributed by atoms with E-state index in [9.17, 15) is 13.6 Å². The third-order valence-electron chi connectivity index (χ3n) is 3.24. The average Bonchev–Trinajstić information content (AvgIpc) is 2.45. The summed E-state index contributed by atoms with van der Waals surface area (Å²) in [6.07, 6.45) is 0. The molecule has 1 amide bonds. The number of hydrogen-bond acceptors (Lipinski definition) is 2. The fourth-order valence-electron chi connectivity index (χ4n) is 2.06. The van der Waals surface area contributed by atoms with Gasteiger partial charge in [-0.1, -0.05) is 0 Å². The van der Waals surface area contributed by atoms with Crippen LogP contribution in [0.25, 0.3) is 0 Å². The lowest BCUT2D eigenvalue weighted by Crippen LogP contribution is -2.31. The Morgan fingerprint density at radius 1 is 1.14 bits per heavy atom. The third-order valence-corrected chi connectivity index (χ3v) is 3.24. The van der Waals surface area contributed by atoms with Gasteiger partial charge in [0.1, 0.15) is 11.6 Å². The number of nitrogens with two attached hydrogens (primary N) is 1. The summed E-state index contributed by atoms with van der Waals surface area (Å²) in [5.41, 5.74) is 6.88. The molecule has 0 aliphatic heterocycles. The normalized spacial score (nSPS) is 10.5. The van der Waals surface area contributed by atoms with Crippen LogP contribution in [0.2, 0.25) is 0 Å². The first-order chi connectivity index (χ1) is 9.93. The van der Waals surface area contributed by atoms with Crippen molar-refractivity contribution in [2.45, 2.75) is 13.8 Å². The van der Waals surface area contributed by atoms with Crippen LogP contribution in [0.15, 0.2) is 36.4 Å². The summed E-state index contributed by atoms with van der Waals surface area (Å²) >= 11 is 0. The molecule has 0 aliphatic carbocycles. The van der Waals surface area contributed by atoms with Crippen LogP contribution in [0.1, 0.15) is 22.8 Å². The molecule has 0 atom stereocenters. The van der Waals surface area contributed by atoms with E-state index in [1.807, 2.05) is 0 Å². The van der Waals surface area contributed by atoms with Crippen LogP contribution in [0.3, 0.4) is 0 Å². The molecule has 5 heteroatoms. The Morgan fingerprint density at radius 2 is 1.76 bits per heavy atom. The Balaban J connectivity index is 2.41. The number of rotatable bonds is 3. The van der Waals surface area contributed by atoms with E-state index in [1.54, 1.807) is 31.2 Å². The van der Waals surface area contributed by atoms with Crippen molar-refractivity contribution >= 4 is 17.3 Å². The van der Waals surface area contributed by atoms with E-state index in [4.69, 9.17) is 5.73 Å². The maximum absolute atomic E-state index is 13.8. The van der Waals surface area contributed by atoms with Crippen molar-refractivity contribution in [3.05, 3.63) is 59.2 Å². The van der Waals surface area contributed by atoms with Crippen molar-refractivity contribution in [3.8, 4) is 0 Å². The summed E-state index contributed by atoms with van der Waals surface area (Å²) in [4.78, 5) is 13.9. The van der Waals surface area contributed by atoms with Gasteiger partial charge in [-0.2, -0.15) is 0 Å². The minimum Gasteiger partial charge on any atom is -0.399 e. The van der Waals surface area contributed by atoms with Crippen LogP contribution in [-0.4, -0.2) is 12.5 Å². The quantitative estimate of drug-likeness (QED) is 0.879. The molecular weight excluding hydrogens is 274 g/mol. The number of nitrogen functional groups attached to an aromatic ring is 1. The maximum atomic E-state index is 13.8. The summed E-state index contributed by atoms with van der Waals surface area (Å²) in [6.45, 7) is 3.63. The number of aryl methyl sites for hydroxylation is 1. The van der Waals surface area contributed by atoms with E-state index < -0.39 is 17.5 Å². The molecule has 0 unspecified atom stereocenters. The number of carbonyl (C=O) groups is 1. The van der Waals surface area contributed by atoms with E-state index in [0.29, 0.717) is 17.9 Å². The van der Waals surface area contributed by atoms with Crippen molar-refractivity contribution in [2.75, 3.05) is 17.2 Å². The van der Waals surface area contributed by atoms with Gasteiger partial charge in [0.15, 0.2) is 0 Å². The highest BCUT2D eigenvalue weighted by molar-refractivity contribution is 6.06. The molecule has 2 rings (SSSR count). The SMILES string of the molecule is CCN(C(=O)c1cc(C)c(F)cc1F)c1ccc(N)cc1. The van der Waals surface area contributed by atoms with E-state index in [1.165, 1.54) is 17.9 Å². The number of anilines is 2. The molecule has 21 heavy (non-hydrogen) atoms. The van der Waals surface area contributed by atoms with Crippen molar-refractivity contribution in [2.24, 2.45) is 0 Å². The minimum atomic E-state index is -0.864. The molecule has 0 aromatic heterocycles. The first-order valence-electron chi connectivity index (χ1n) is 6.57. The van der Waals surface area contributed by atoms with E-state index in [2.05, 4.69) is 0 Å². The molecule has 0 aliphatic rings. The Hall–Kier alpha value is -2.43. The highest BCUT2D eigenvalue weighted by atomic mass is 19.1. The van der Waals surface area contributed by atoms with Crippen molar-refractivity contribution in [1.29, 1.82) is 0 Å². The summed E-state index contributed by atoms with van der Waals surface area (Å²) in [7, 11) is 0. The molecule has 0 radical (unpaired) electrons. The van der Waals surface area contributed by atoms with Crippen LogP contribution in [0.4, 0.5) is 20.2 Å². The van der Waals surface area contributed by atoms with Crippen LogP contribution in [0.5, 0.6) is 0 Å². The Labute approximate surface area is 122 Å². The van der Waals surface area contributed by atoms with Gasteiger partial charge < -0.3 is 10.6 Å². The molecule has 0 fully saturated rings. The molecule has 0 saturated heterocycles. The minimum absolute atomic E-state index is 0.146. The standard InChI is InChI=1S/C16H16F2N2O/c1-3-20(12-6-4-11(19)5-7-12)16(21)13-8-10(2)14(17)9-15(13)18/h4-9H,3,19H2,1-2H3. The molecule has 110 valence electrons. The van der Waals surface area contributed by atoms with Gasteiger partial charge in [0.25, 0.3) is 5.91 Å². The molecule has 3 nitrogen and oxygen atoms in total. The molecular formula is C16H16F2N2O. The van der Waals surface area contributed by atoms with Crippen LogP contribution in [-0.2, 0) is 0 Å². The first kappa shape index (κ1) is 15.0. The highest BCUT2D eigenvalue weighted by Crippen LogP contribution is 2.21. The largest absolute Gasteiger partial charge is 0.399 e. The van der Waals surface area contributed by atoms with Gasteiger partial charge in [0.2, 0.25) is 0 Å².